The normalized spacial score (nSPS) is 11.8. The highest BCUT2D eigenvalue weighted by Crippen LogP contribution is 2.41. The highest BCUT2D eigenvalue weighted by atomic mass is 32.1. The first-order valence-electron chi connectivity index (χ1n) is 9.93. The summed E-state index contributed by atoms with van der Waals surface area (Å²) in [6.07, 6.45) is 0.888. The van der Waals surface area contributed by atoms with Crippen LogP contribution in [0.2, 0.25) is 0 Å². The van der Waals surface area contributed by atoms with Crippen LogP contribution in [0, 0.1) is 11.2 Å². The van der Waals surface area contributed by atoms with E-state index in [1.807, 2.05) is 24.3 Å². The average molecular weight is 413 g/mol. The van der Waals surface area contributed by atoms with E-state index in [-0.39, 0.29) is 11.2 Å². The lowest BCUT2D eigenvalue weighted by atomic mass is 9.93. The number of hydrogen-bond acceptors (Lipinski definition) is 4. The number of ether oxygens (including phenoxy) is 1. The van der Waals surface area contributed by atoms with Crippen molar-refractivity contribution in [2.24, 2.45) is 5.41 Å². The van der Waals surface area contributed by atoms with Crippen LogP contribution in [-0.4, -0.2) is 11.6 Å². The molecule has 0 bridgehead atoms. The number of thiazole rings is 1. The van der Waals surface area contributed by atoms with Crippen LogP contribution in [0.4, 0.5) is 9.52 Å². The highest BCUT2D eigenvalue weighted by molar-refractivity contribution is 7.19. The van der Waals surface area contributed by atoms with E-state index in [2.05, 4.69) is 45.7 Å². The maximum absolute atomic E-state index is 14.4. The van der Waals surface area contributed by atoms with Gasteiger partial charge in [-0.25, -0.2) is 9.37 Å². The van der Waals surface area contributed by atoms with E-state index in [0.29, 0.717) is 23.4 Å². The summed E-state index contributed by atoms with van der Waals surface area (Å²) >= 11 is 1.37. The summed E-state index contributed by atoms with van der Waals surface area (Å²) < 4.78 is 20.2. The minimum atomic E-state index is -0.330. The predicted molar refractivity (Wildman–Crippen MR) is 121 cm³/mol. The van der Waals surface area contributed by atoms with E-state index in [0.717, 1.165) is 28.1 Å². The van der Waals surface area contributed by atoms with Crippen molar-refractivity contribution < 1.29 is 9.13 Å². The zero-order valence-electron chi connectivity index (χ0n) is 17.8. The zero-order chi connectivity index (χ0) is 21.2. The van der Waals surface area contributed by atoms with Gasteiger partial charge in [0.05, 0.1) is 17.2 Å². The van der Waals surface area contributed by atoms with Crippen molar-refractivity contribution >= 4 is 16.5 Å². The second-order valence-corrected chi connectivity index (χ2v) is 9.84. The Labute approximate surface area is 176 Å². The molecule has 0 saturated carbocycles. The van der Waals surface area contributed by atoms with Crippen LogP contribution in [0.3, 0.4) is 0 Å². The van der Waals surface area contributed by atoms with Crippen LogP contribution < -0.4 is 10.5 Å². The lowest BCUT2D eigenvalue weighted by molar-refractivity contribution is 0.242. The molecule has 29 heavy (non-hydrogen) atoms. The summed E-state index contributed by atoms with van der Waals surface area (Å²) in [4.78, 5) is 5.44. The molecule has 0 aliphatic heterocycles. The van der Waals surface area contributed by atoms with Crippen molar-refractivity contribution in [1.82, 2.24) is 4.98 Å². The molecule has 154 valence electrons. The quantitative estimate of drug-likeness (QED) is 0.468. The van der Waals surface area contributed by atoms with Crippen LogP contribution in [0.15, 0.2) is 42.5 Å². The van der Waals surface area contributed by atoms with E-state index in [1.165, 1.54) is 29.0 Å². The Morgan fingerprint density at radius 3 is 2.55 bits per heavy atom. The van der Waals surface area contributed by atoms with Crippen LogP contribution in [-0.2, 0) is 0 Å². The van der Waals surface area contributed by atoms with E-state index < -0.39 is 0 Å². The molecule has 1 heterocycles. The summed E-state index contributed by atoms with van der Waals surface area (Å²) in [7, 11) is 0. The summed E-state index contributed by atoms with van der Waals surface area (Å²) in [6, 6.07) is 13.0. The van der Waals surface area contributed by atoms with E-state index in [4.69, 9.17) is 10.5 Å². The van der Waals surface area contributed by atoms with Gasteiger partial charge >= 0.3 is 0 Å². The number of benzene rings is 2. The molecule has 0 aliphatic carbocycles. The molecule has 0 saturated heterocycles. The number of nitrogens with zero attached hydrogens (tertiary/aromatic N) is 1. The number of halogens is 1. The van der Waals surface area contributed by atoms with Gasteiger partial charge in [-0.3, -0.25) is 0 Å². The van der Waals surface area contributed by atoms with E-state index >= 15 is 0 Å². The summed E-state index contributed by atoms with van der Waals surface area (Å²) in [5.74, 6) is 0.536. The van der Waals surface area contributed by atoms with Gasteiger partial charge in [-0.05, 0) is 35.4 Å². The predicted octanol–water partition coefficient (Wildman–Crippen LogP) is 7.14. The molecular formula is C24H29FN2OS. The van der Waals surface area contributed by atoms with E-state index in [9.17, 15) is 4.39 Å². The topological polar surface area (TPSA) is 48.1 Å². The number of nitrogen functional groups attached to an aromatic ring is 1. The van der Waals surface area contributed by atoms with Crippen molar-refractivity contribution in [3.63, 3.8) is 0 Å². The third-order valence-corrected chi connectivity index (χ3v) is 5.67. The summed E-state index contributed by atoms with van der Waals surface area (Å²) in [6.45, 7) is 11.3. The fourth-order valence-corrected chi connectivity index (χ4v) is 4.02. The molecule has 0 spiro atoms. The second kappa shape index (κ2) is 8.54. The summed E-state index contributed by atoms with van der Waals surface area (Å²) in [5.41, 5.74) is 9.98. The maximum Gasteiger partial charge on any atom is 0.181 e. The Morgan fingerprint density at radius 1 is 1.14 bits per heavy atom. The van der Waals surface area contributed by atoms with Gasteiger partial charge in [0.2, 0.25) is 0 Å². The van der Waals surface area contributed by atoms with Crippen LogP contribution in [0.1, 0.15) is 52.5 Å². The molecule has 1 aromatic heterocycles. The van der Waals surface area contributed by atoms with Gasteiger partial charge in [-0.2, -0.15) is 0 Å². The van der Waals surface area contributed by atoms with Crippen LogP contribution in [0.25, 0.3) is 21.7 Å². The Kier molecular flexibility index (Phi) is 6.27. The average Bonchev–Trinajstić information content (AvgIpc) is 3.02. The molecule has 0 unspecified atom stereocenters. The van der Waals surface area contributed by atoms with Crippen LogP contribution in [0.5, 0.6) is 5.75 Å². The Balaban J connectivity index is 2.00. The molecule has 3 aromatic rings. The van der Waals surface area contributed by atoms with Gasteiger partial charge in [-0.15, -0.1) is 0 Å². The molecule has 5 heteroatoms. The van der Waals surface area contributed by atoms with Crippen LogP contribution >= 0.6 is 11.3 Å². The second-order valence-electron chi connectivity index (χ2n) is 8.81. The minimum absolute atomic E-state index is 0.163. The lowest BCUT2D eigenvalue weighted by Gasteiger charge is -2.18. The van der Waals surface area contributed by atoms with Gasteiger partial charge in [0, 0.05) is 17.2 Å². The molecule has 3 nitrogen and oxygen atoms in total. The van der Waals surface area contributed by atoms with Crippen molar-refractivity contribution in [3.8, 4) is 27.4 Å². The maximum atomic E-state index is 14.4. The van der Waals surface area contributed by atoms with Gasteiger partial charge < -0.3 is 10.5 Å². The smallest absolute Gasteiger partial charge is 0.181 e. The Bertz CT molecular complexity index is 989. The third-order valence-electron chi connectivity index (χ3n) is 4.74. The summed E-state index contributed by atoms with van der Waals surface area (Å²) in [5, 5.41) is 0.466. The lowest BCUT2D eigenvalue weighted by Crippen LogP contribution is -2.11. The molecule has 0 fully saturated rings. The number of rotatable bonds is 6. The Morgan fingerprint density at radius 2 is 1.86 bits per heavy atom. The highest BCUT2D eigenvalue weighted by Gasteiger charge is 2.19. The largest absolute Gasteiger partial charge is 0.493 e. The molecule has 2 aromatic carbocycles. The number of hydrogen-bond donors (Lipinski definition) is 1. The first-order chi connectivity index (χ1) is 13.6. The van der Waals surface area contributed by atoms with Gasteiger partial charge in [0.25, 0.3) is 0 Å². The minimum Gasteiger partial charge on any atom is -0.493 e. The van der Waals surface area contributed by atoms with Crippen molar-refractivity contribution in [2.75, 3.05) is 12.3 Å². The SMILES string of the molecule is CC(C)c1ccccc1-c1nc(N)sc1-c1cc(F)cc(OCCC(C)(C)C)c1. The standard InChI is InChI=1S/C24H29FN2OS/c1-15(2)19-8-6-7-9-20(19)21-22(29-23(26)27-21)16-12-17(25)14-18(13-16)28-11-10-24(3,4)5/h6-9,12-15H,10-11H2,1-5H3,(H2,26,27). The molecule has 0 radical (unpaired) electrons. The zero-order valence-corrected chi connectivity index (χ0v) is 18.6. The molecule has 0 aliphatic rings. The van der Waals surface area contributed by atoms with Crippen molar-refractivity contribution in [1.29, 1.82) is 0 Å². The van der Waals surface area contributed by atoms with Crippen molar-refractivity contribution in [2.45, 2.75) is 47.0 Å². The number of anilines is 1. The molecule has 2 N–H and O–H groups in total. The first kappa shape index (κ1) is 21.3. The fraction of sp³-hybridized carbons (Fsp3) is 0.375. The monoisotopic (exact) mass is 412 g/mol. The van der Waals surface area contributed by atoms with Crippen molar-refractivity contribution in [3.05, 3.63) is 53.8 Å². The van der Waals surface area contributed by atoms with Gasteiger partial charge in [0.1, 0.15) is 11.6 Å². The van der Waals surface area contributed by atoms with Gasteiger partial charge in [-0.1, -0.05) is 70.2 Å². The molecule has 0 atom stereocenters. The number of nitrogens with two attached hydrogens (primary N) is 1. The third kappa shape index (κ3) is 5.36. The first-order valence-corrected chi connectivity index (χ1v) is 10.7. The Hall–Kier alpha value is -2.40. The molecule has 0 amide bonds. The molecular weight excluding hydrogens is 383 g/mol. The number of aromatic nitrogens is 1. The fourth-order valence-electron chi connectivity index (χ4n) is 3.18. The van der Waals surface area contributed by atoms with Gasteiger partial charge in [0.15, 0.2) is 5.13 Å². The molecule has 3 rings (SSSR count). The van der Waals surface area contributed by atoms with E-state index in [1.54, 1.807) is 0 Å².